The lowest BCUT2D eigenvalue weighted by Gasteiger charge is -2.27. The van der Waals surface area contributed by atoms with E-state index in [0.717, 1.165) is 11.1 Å². The average Bonchev–Trinajstić information content (AvgIpc) is 2.62. The Morgan fingerprint density at radius 3 is 2.25 bits per heavy atom. The van der Waals surface area contributed by atoms with Gasteiger partial charge in [0.15, 0.2) is 0 Å². The molecule has 3 rings (SSSR count). The summed E-state index contributed by atoms with van der Waals surface area (Å²) in [5.41, 5.74) is 1.56. The Morgan fingerprint density at radius 1 is 0.917 bits per heavy atom. The van der Waals surface area contributed by atoms with Crippen molar-refractivity contribution < 1.29 is 19.8 Å². The molecule has 0 bridgehead atoms. The summed E-state index contributed by atoms with van der Waals surface area (Å²) in [5.74, 6) is -1.86. The molecule has 4 nitrogen and oxygen atoms in total. The second kappa shape index (κ2) is 6.16. The third kappa shape index (κ3) is 2.74. The van der Waals surface area contributed by atoms with Crippen molar-refractivity contribution in [3.05, 3.63) is 84.0 Å². The zero-order valence-electron chi connectivity index (χ0n) is 12.8. The highest BCUT2D eigenvalue weighted by molar-refractivity contribution is 5.88. The van der Waals surface area contributed by atoms with Gasteiger partial charge in [-0.15, -0.1) is 0 Å². The first kappa shape index (κ1) is 15.7. The van der Waals surface area contributed by atoms with E-state index in [2.05, 4.69) is 0 Å². The van der Waals surface area contributed by atoms with Gasteiger partial charge in [-0.3, -0.25) is 4.79 Å². The van der Waals surface area contributed by atoms with Gasteiger partial charge in [-0.05, 0) is 41.3 Å². The van der Waals surface area contributed by atoms with Gasteiger partial charge >= 0.3 is 11.9 Å². The molecule has 2 N–H and O–H groups in total. The first-order chi connectivity index (χ1) is 11.5. The van der Waals surface area contributed by atoms with Crippen molar-refractivity contribution in [1.82, 2.24) is 0 Å². The first-order valence-electron chi connectivity index (χ1n) is 7.55. The van der Waals surface area contributed by atoms with Crippen LogP contribution in [0, 0.1) is 0 Å². The van der Waals surface area contributed by atoms with Gasteiger partial charge in [0.2, 0.25) is 0 Å². The second-order valence-corrected chi connectivity index (χ2v) is 5.73. The van der Waals surface area contributed by atoms with Crippen LogP contribution in [-0.2, 0) is 10.2 Å². The van der Waals surface area contributed by atoms with Gasteiger partial charge in [-0.1, -0.05) is 54.6 Å². The van der Waals surface area contributed by atoms with Crippen LogP contribution in [0.15, 0.2) is 72.8 Å². The molecule has 120 valence electrons. The highest BCUT2D eigenvalue weighted by Crippen LogP contribution is 2.35. The van der Waals surface area contributed by atoms with Crippen LogP contribution in [0.5, 0.6) is 0 Å². The smallest absolute Gasteiger partial charge is 0.335 e. The fourth-order valence-corrected chi connectivity index (χ4v) is 2.90. The predicted molar refractivity (Wildman–Crippen MR) is 91.0 cm³/mol. The molecule has 0 radical (unpaired) electrons. The summed E-state index contributed by atoms with van der Waals surface area (Å²) in [6, 6.07) is 13.9. The van der Waals surface area contributed by atoms with Crippen molar-refractivity contribution in [2.24, 2.45) is 0 Å². The van der Waals surface area contributed by atoms with Crippen molar-refractivity contribution in [3.63, 3.8) is 0 Å². The summed E-state index contributed by atoms with van der Waals surface area (Å²) in [4.78, 5) is 22.8. The Kier molecular flexibility index (Phi) is 4.04. The van der Waals surface area contributed by atoms with E-state index >= 15 is 0 Å². The number of allylic oxidation sites excluding steroid dienone is 3. The van der Waals surface area contributed by atoms with Gasteiger partial charge in [0.25, 0.3) is 0 Å². The van der Waals surface area contributed by atoms with Crippen molar-refractivity contribution in [1.29, 1.82) is 0 Å². The lowest BCUT2D eigenvalue weighted by molar-refractivity contribution is -0.141. The van der Waals surface area contributed by atoms with E-state index in [1.165, 1.54) is 0 Å². The number of carboxylic acid groups (broad SMARTS) is 2. The third-order valence-corrected chi connectivity index (χ3v) is 4.29. The summed E-state index contributed by atoms with van der Waals surface area (Å²) in [5, 5.41) is 18.7. The van der Waals surface area contributed by atoms with Crippen LogP contribution in [0.4, 0.5) is 0 Å². The van der Waals surface area contributed by atoms with Crippen LogP contribution in [0.3, 0.4) is 0 Å². The van der Waals surface area contributed by atoms with Gasteiger partial charge in [0.1, 0.15) is 5.41 Å². The Labute approximate surface area is 139 Å². The van der Waals surface area contributed by atoms with Gasteiger partial charge < -0.3 is 10.2 Å². The number of benzene rings is 2. The maximum atomic E-state index is 11.9. The van der Waals surface area contributed by atoms with Gasteiger partial charge in [0.05, 0.1) is 5.56 Å². The largest absolute Gasteiger partial charge is 0.480 e. The summed E-state index contributed by atoms with van der Waals surface area (Å²) in [6.07, 6.45) is 7.56. The fraction of sp³-hybridized carbons (Fsp3) is 0.100. The van der Waals surface area contributed by atoms with Crippen LogP contribution in [0.2, 0.25) is 0 Å². The Bertz CT molecular complexity index is 846. The van der Waals surface area contributed by atoms with Crippen molar-refractivity contribution >= 4 is 11.9 Å². The highest BCUT2D eigenvalue weighted by atomic mass is 16.4. The molecule has 0 heterocycles. The molecule has 0 aliphatic heterocycles. The number of carbonyl (C=O) groups is 2. The number of rotatable bonds is 4. The number of carboxylic acids is 2. The number of hydrogen-bond acceptors (Lipinski definition) is 2. The second-order valence-electron chi connectivity index (χ2n) is 5.73. The molecule has 0 saturated carbocycles. The molecule has 0 aromatic heterocycles. The van der Waals surface area contributed by atoms with Gasteiger partial charge in [-0.25, -0.2) is 4.79 Å². The third-order valence-electron chi connectivity index (χ3n) is 4.29. The Balaban J connectivity index is 2.03. The number of aromatic carboxylic acids is 1. The van der Waals surface area contributed by atoms with Crippen LogP contribution >= 0.6 is 0 Å². The van der Waals surface area contributed by atoms with E-state index in [-0.39, 0.29) is 5.56 Å². The molecule has 24 heavy (non-hydrogen) atoms. The summed E-state index contributed by atoms with van der Waals surface area (Å²) in [6.45, 7) is 0. The van der Waals surface area contributed by atoms with Crippen molar-refractivity contribution in [2.75, 3.05) is 0 Å². The highest BCUT2D eigenvalue weighted by Gasteiger charge is 2.37. The van der Waals surface area contributed by atoms with E-state index in [1.807, 2.05) is 36.4 Å². The molecule has 2 aromatic carbocycles. The van der Waals surface area contributed by atoms with Crippen molar-refractivity contribution in [2.45, 2.75) is 11.8 Å². The molecule has 1 atom stereocenters. The minimum Gasteiger partial charge on any atom is -0.480 e. The first-order valence-corrected chi connectivity index (χ1v) is 7.55. The predicted octanol–water partition coefficient (Wildman–Crippen LogP) is 3.89. The topological polar surface area (TPSA) is 74.6 Å². The number of aliphatic carboxylic acids is 1. The van der Waals surface area contributed by atoms with Crippen LogP contribution in [-0.4, -0.2) is 22.2 Å². The van der Waals surface area contributed by atoms with E-state index in [1.54, 1.807) is 36.4 Å². The minimum absolute atomic E-state index is 0.220. The van der Waals surface area contributed by atoms with E-state index in [4.69, 9.17) is 5.11 Å². The van der Waals surface area contributed by atoms with Crippen LogP contribution in [0.25, 0.3) is 11.1 Å². The standard InChI is InChI=1S/C20H16O4/c21-18(22)15-9-7-14(8-10-15)16-5-4-6-17(13-16)20(19(23)24)11-2-1-3-12-20/h1-11,13H,12H2,(H,21,22)(H,23,24). The Morgan fingerprint density at radius 2 is 1.67 bits per heavy atom. The zero-order chi connectivity index (χ0) is 17.2. The van der Waals surface area contributed by atoms with Gasteiger partial charge in [0, 0.05) is 0 Å². The SMILES string of the molecule is O=C(O)c1ccc(-c2cccc(C3(C(=O)O)C=CC=CC3)c2)cc1. The molecule has 1 aliphatic carbocycles. The van der Waals surface area contributed by atoms with Crippen LogP contribution in [0.1, 0.15) is 22.3 Å². The molecule has 0 fully saturated rings. The van der Waals surface area contributed by atoms with Crippen LogP contribution < -0.4 is 0 Å². The molecule has 1 aliphatic rings. The van der Waals surface area contributed by atoms with Crippen molar-refractivity contribution in [3.8, 4) is 11.1 Å². The molecule has 1 unspecified atom stereocenters. The maximum Gasteiger partial charge on any atom is 0.335 e. The molecule has 0 amide bonds. The van der Waals surface area contributed by atoms with E-state index in [9.17, 15) is 14.7 Å². The fourth-order valence-electron chi connectivity index (χ4n) is 2.90. The monoisotopic (exact) mass is 320 g/mol. The molecule has 0 spiro atoms. The molecular formula is C20H16O4. The quantitative estimate of drug-likeness (QED) is 0.896. The lowest BCUT2D eigenvalue weighted by atomic mass is 9.75. The van der Waals surface area contributed by atoms with E-state index in [0.29, 0.717) is 12.0 Å². The minimum atomic E-state index is -1.06. The Hall–Kier alpha value is -3.14. The molecule has 4 heteroatoms. The normalized spacial score (nSPS) is 19.2. The molecule has 0 saturated heterocycles. The van der Waals surface area contributed by atoms with E-state index < -0.39 is 17.4 Å². The molecular weight excluding hydrogens is 304 g/mol. The number of hydrogen-bond donors (Lipinski definition) is 2. The van der Waals surface area contributed by atoms with Gasteiger partial charge in [-0.2, -0.15) is 0 Å². The average molecular weight is 320 g/mol. The molecule has 2 aromatic rings. The lowest BCUT2D eigenvalue weighted by Crippen LogP contribution is -2.34. The summed E-state index contributed by atoms with van der Waals surface area (Å²) < 4.78 is 0. The maximum absolute atomic E-state index is 11.9. The zero-order valence-corrected chi connectivity index (χ0v) is 12.8. The summed E-state index contributed by atoms with van der Waals surface area (Å²) in [7, 11) is 0. The summed E-state index contributed by atoms with van der Waals surface area (Å²) >= 11 is 0.